The van der Waals surface area contributed by atoms with Crippen LogP contribution >= 0.6 is 0 Å². The summed E-state index contributed by atoms with van der Waals surface area (Å²) in [7, 11) is -3.62. The highest BCUT2D eigenvalue weighted by atomic mass is 32.2. The third kappa shape index (κ3) is 5.86. The Balaban J connectivity index is 1.85. The number of sulfonamides is 1. The lowest BCUT2D eigenvalue weighted by Crippen LogP contribution is -2.28. The van der Waals surface area contributed by atoms with E-state index in [4.69, 9.17) is 4.74 Å². The molecule has 2 aromatic carbocycles. The van der Waals surface area contributed by atoms with Crippen LogP contribution in [0.15, 0.2) is 53.4 Å². The lowest BCUT2D eigenvalue weighted by Gasteiger charge is -2.10. The van der Waals surface area contributed by atoms with Crippen molar-refractivity contribution in [3.8, 4) is 5.75 Å². The van der Waals surface area contributed by atoms with E-state index in [1.807, 2.05) is 24.3 Å². The zero-order valence-corrected chi connectivity index (χ0v) is 16.0. The minimum absolute atomic E-state index is 0.132. The van der Waals surface area contributed by atoms with Crippen LogP contribution in [0, 0.1) is 0 Å². The first-order valence-corrected chi connectivity index (χ1v) is 9.86. The summed E-state index contributed by atoms with van der Waals surface area (Å²) in [6, 6.07) is 13.7. The molecular formula is C19H24N2O4S. The van der Waals surface area contributed by atoms with Crippen LogP contribution in [-0.2, 0) is 14.8 Å². The third-order valence-electron chi connectivity index (χ3n) is 3.69. The van der Waals surface area contributed by atoms with Gasteiger partial charge in [0.05, 0.1) is 4.90 Å². The summed E-state index contributed by atoms with van der Waals surface area (Å²) in [5.74, 6) is 0.943. The molecule has 0 unspecified atom stereocenters. The Bertz CT molecular complexity index is 829. The van der Waals surface area contributed by atoms with E-state index < -0.39 is 10.0 Å². The number of hydrogen-bond acceptors (Lipinski definition) is 4. The molecule has 0 heterocycles. The predicted molar refractivity (Wildman–Crippen MR) is 102 cm³/mol. The Morgan fingerprint density at radius 1 is 1.04 bits per heavy atom. The fraction of sp³-hybridized carbons (Fsp3) is 0.316. The molecule has 0 fully saturated rings. The Kier molecular flexibility index (Phi) is 6.76. The molecule has 6 nitrogen and oxygen atoms in total. The van der Waals surface area contributed by atoms with Crippen molar-refractivity contribution in [2.24, 2.45) is 0 Å². The summed E-state index contributed by atoms with van der Waals surface area (Å²) in [6.45, 7) is 6.01. The number of amides is 1. The van der Waals surface area contributed by atoms with Crippen molar-refractivity contribution in [2.45, 2.75) is 31.6 Å². The van der Waals surface area contributed by atoms with E-state index in [2.05, 4.69) is 23.9 Å². The molecule has 0 aliphatic rings. The maximum absolute atomic E-state index is 12.2. The molecule has 0 spiro atoms. The van der Waals surface area contributed by atoms with Gasteiger partial charge in [0.15, 0.2) is 0 Å². The average molecular weight is 376 g/mol. The lowest BCUT2D eigenvalue weighted by molar-refractivity contribution is -0.114. The second-order valence-corrected chi connectivity index (χ2v) is 7.94. The fourth-order valence-corrected chi connectivity index (χ4v) is 3.31. The SMILES string of the molecule is CC(=O)Nc1ccc(S(=O)(=O)NCCOc2ccc(C(C)C)cc2)cc1. The van der Waals surface area contributed by atoms with E-state index in [1.54, 1.807) is 12.1 Å². The van der Waals surface area contributed by atoms with Gasteiger partial charge in [0.1, 0.15) is 12.4 Å². The molecule has 0 aromatic heterocycles. The molecular weight excluding hydrogens is 352 g/mol. The molecule has 2 rings (SSSR count). The van der Waals surface area contributed by atoms with Crippen LogP contribution in [0.4, 0.5) is 5.69 Å². The van der Waals surface area contributed by atoms with Gasteiger partial charge in [-0.3, -0.25) is 4.79 Å². The van der Waals surface area contributed by atoms with Crippen LogP contribution in [0.25, 0.3) is 0 Å². The van der Waals surface area contributed by atoms with Crippen molar-refractivity contribution < 1.29 is 17.9 Å². The third-order valence-corrected chi connectivity index (χ3v) is 5.17. The number of anilines is 1. The van der Waals surface area contributed by atoms with Gasteiger partial charge in [-0.15, -0.1) is 0 Å². The van der Waals surface area contributed by atoms with Crippen LogP contribution in [0.3, 0.4) is 0 Å². The molecule has 0 bridgehead atoms. The number of carbonyl (C=O) groups is 1. The monoisotopic (exact) mass is 376 g/mol. The van der Waals surface area contributed by atoms with Gasteiger partial charge in [0.2, 0.25) is 15.9 Å². The van der Waals surface area contributed by atoms with E-state index >= 15 is 0 Å². The second kappa shape index (κ2) is 8.82. The van der Waals surface area contributed by atoms with Crippen molar-refractivity contribution in [1.29, 1.82) is 0 Å². The summed E-state index contributed by atoms with van der Waals surface area (Å²) >= 11 is 0. The smallest absolute Gasteiger partial charge is 0.240 e. The number of benzene rings is 2. The van der Waals surface area contributed by atoms with E-state index in [-0.39, 0.29) is 24.0 Å². The maximum atomic E-state index is 12.2. The van der Waals surface area contributed by atoms with Gasteiger partial charge in [0, 0.05) is 19.2 Å². The zero-order valence-electron chi connectivity index (χ0n) is 15.2. The lowest BCUT2D eigenvalue weighted by atomic mass is 10.0. The van der Waals surface area contributed by atoms with Gasteiger partial charge in [-0.1, -0.05) is 26.0 Å². The fourth-order valence-electron chi connectivity index (χ4n) is 2.30. The minimum Gasteiger partial charge on any atom is -0.492 e. The predicted octanol–water partition coefficient (Wildman–Crippen LogP) is 3.13. The quantitative estimate of drug-likeness (QED) is 0.693. The van der Waals surface area contributed by atoms with Crippen LogP contribution in [-0.4, -0.2) is 27.5 Å². The first-order valence-electron chi connectivity index (χ1n) is 8.38. The molecule has 0 saturated carbocycles. The van der Waals surface area contributed by atoms with Gasteiger partial charge in [-0.25, -0.2) is 13.1 Å². The van der Waals surface area contributed by atoms with Gasteiger partial charge in [-0.2, -0.15) is 0 Å². The molecule has 140 valence electrons. The number of nitrogens with one attached hydrogen (secondary N) is 2. The molecule has 0 radical (unpaired) electrons. The van der Waals surface area contributed by atoms with Gasteiger partial charge in [-0.05, 0) is 47.9 Å². The molecule has 0 saturated heterocycles. The Labute approximate surface area is 154 Å². The minimum atomic E-state index is -3.62. The number of hydrogen-bond donors (Lipinski definition) is 2. The van der Waals surface area contributed by atoms with Crippen molar-refractivity contribution >= 4 is 21.6 Å². The molecule has 26 heavy (non-hydrogen) atoms. The zero-order chi connectivity index (χ0) is 19.2. The highest BCUT2D eigenvalue weighted by Gasteiger charge is 2.13. The molecule has 0 aliphatic heterocycles. The van der Waals surface area contributed by atoms with Crippen LogP contribution < -0.4 is 14.8 Å². The summed E-state index contributed by atoms with van der Waals surface area (Å²) < 4.78 is 32.5. The van der Waals surface area contributed by atoms with Crippen molar-refractivity contribution in [1.82, 2.24) is 4.72 Å². The number of ether oxygens (including phenoxy) is 1. The Morgan fingerprint density at radius 2 is 1.65 bits per heavy atom. The largest absolute Gasteiger partial charge is 0.492 e. The van der Waals surface area contributed by atoms with E-state index in [1.165, 1.54) is 24.6 Å². The first-order chi connectivity index (χ1) is 12.3. The van der Waals surface area contributed by atoms with Crippen LogP contribution in [0.1, 0.15) is 32.3 Å². The molecule has 2 aromatic rings. The van der Waals surface area contributed by atoms with E-state index in [0.29, 0.717) is 17.4 Å². The van der Waals surface area contributed by atoms with Gasteiger partial charge in [0.25, 0.3) is 0 Å². The van der Waals surface area contributed by atoms with Gasteiger partial charge < -0.3 is 10.1 Å². The Hall–Kier alpha value is -2.38. The van der Waals surface area contributed by atoms with Crippen molar-refractivity contribution in [3.05, 3.63) is 54.1 Å². The topological polar surface area (TPSA) is 84.5 Å². The van der Waals surface area contributed by atoms with E-state index in [0.717, 1.165) is 0 Å². The molecule has 0 atom stereocenters. The standard InChI is InChI=1S/C19H24N2O4S/c1-14(2)16-4-8-18(9-5-16)25-13-12-20-26(23,24)19-10-6-17(7-11-19)21-15(3)22/h4-11,14,20H,12-13H2,1-3H3,(H,21,22). The van der Waals surface area contributed by atoms with E-state index in [9.17, 15) is 13.2 Å². The second-order valence-electron chi connectivity index (χ2n) is 6.18. The molecule has 2 N–H and O–H groups in total. The normalized spacial score (nSPS) is 11.4. The number of rotatable bonds is 8. The first kappa shape index (κ1) is 19.9. The highest BCUT2D eigenvalue weighted by Crippen LogP contribution is 2.18. The average Bonchev–Trinajstić information content (AvgIpc) is 2.59. The maximum Gasteiger partial charge on any atom is 0.240 e. The molecule has 0 aliphatic carbocycles. The number of carbonyl (C=O) groups excluding carboxylic acids is 1. The highest BCUT2D eigenvalue weighted by molar-refractivity contribution is 7.89. The molecule has 1 amide bonds. The Morgan fingerprint density at radius 3 is 2.19 bits per heavy atom. The van der Waals surface area contributed by atoms with Crippen LogP contribution in [0.2, 0.25) is 0 Å². The van der Waals surface area contributed by atoms with Crippen molar-refractivity contribution in [2.75, 3.05) is 18.5 Å². The summed E-state index contributed by atoms with van der Waals surface area (Å²) in [6.07, 6.45) is 0. The summed E-state index contributed by atoms with van der Waals surface area (Å²) in [4.78, 5) is 11.1. The van der Waals surface area contributed by atoms with Gasteiger partial charge >= 0.3 is 0 Å². The summed E-state index contributed by atoms with van der Waals surface area (Å²) in [5, 5.41) is 2.59. The summed E-state index contributed by atoms with van der Waals surface area (Å²) in [5.41, 5.74) is 1.77. The molecule has 7 heteroatoms. The van der Waals surface area contributed by atoms with Crippen molar-refractivity contribution in [3.63, 3.8) is 0 Å². The van der Waals surface area contributed by atoms with Crippen LogP contribution in [0.5, 0.6) is 5.75 Å².